The Kier molecular flexibility index (Phi) is 5.60. The second-order valence-electron chi connectivity index (χ2n) is 3.88. The van der Waals surface area contributed by atoms with Crippen LogP contribution in [0, 0.1) is 0 Å². The van der Waals surface area contributed by atoms with Gasteiger partial charge in [-0.3, -0.25) is 4.79 Å². The molecule has 0 radical (unpaired) electrons. The van der Waals surface area contributed by atoms with Crippen molar-refractivity contribution in [3.8, 4) is 5.75 Å². The zero-order chi connectivity index (χ0) is 14.3. The van der Waals surface area contributed by atoms with Crippen LogP contribution in [0.25, 0.3) is 0 Å². The SMILES string of the molecule is CCC(NC(=O)/C=C/C(=O)O)c1ccccc1OC. The fraction of sp³-hybridized carbons (Fsp3) is 0.286. The van der Waals surface area contributed by atoms with Gasteiger partial charge in [0.1, 0.15) is 5.75 Å². The van der Waals surface area contributed by atoms with Gasteiger partial charge in [-0.15, -0.1) is 0 Å². The highest BCUT2D eigenvalue weighted by Crippen LogP contribution is 2.26. The molecule has 0 spiro atoms. The molecule has 5 nitrogen and oxygen atoms in total. The fourth-order valence-corrected chi connectivity index (χ4v) is 1.72. The summed E-state index contributed by atoms with van der Waals surface area (Å²) in [5, 5.41) is 11.2. The number of carboxylic acids is 1. The van der Waals surface area contributed by atoms with Crippen LogP contribution in [0.1, 0.15) is 24.9 Å². The van der Waals surface area contributed by atoms with Gasteiger partial charge in [-0.05, 0) is 12.5 Å². The van der Waals surface area contributed by atoms with Gasteiger partial charge in [-0.1, -0.05) is 25.1 Å². The largest absolute Gasteiger partial charge is 0.496 e. The molecule has 0 aliphatic heterocycles. The predicted octanol–water partition coefficient (Wildman–Crippen LogP) is 1.90. The van der Waals surface area contributed by atoms with Gasteiger partial charge in [0.2, 0.25) is 5.91 Å². The minimum absolute atomic E-state index is 0.220. The van der Waals surface area contributed by atoms with Crippen LogP contribution in [-0.2, 0) is 9.59 Å². The number of ether oxygens (including phenoxy) is 1. The molecule has 0 aliphatic carbocycles. The zero-order valence-electron chi connectivity index (χ0n) is 10.9. The minimum Gasteiger partial charge on any atom is -0.496 e. The summed E-state index contributed by atoms with van der Waals surface area (Å²) >= 11 is 0. The number of para-hydroxylation sites is 1. The van der Waals surface area contributed by atoms with Crippen molar-refractivity contribution in [3.05, 3.63) is 42.0 Å². The summed E-state index contributed by atoms with van der Waals surface area (Å²) in [5.74, 6) is -0.905. The summed E-state index contributed by atoms with van der Waals surface area (Å²) in [7, 11) is 1.57. The van der Waals surface area contributed by atoms with Crippen molar-refractivity contribution in [1.29, 1.82) is 0 Å². The molecule has 1 atom stereocenters. The molecule has 19 heavy (non-hydrogen) atoms. The van der Waals surface area contributed by atoms with Crippen molar-refractivity contribution in [3.63, 3.8) is 0 Å². The van der Waals surface area contributed by atoms with E-state index in [4.69, 9.17) is 9.84 Å². The molecule has 2 N–H and O–H groups in total. The Labute approximate surface area is 111 Å². The van der Waals surface area contributed by atoms with E-state index >= 15 is 0 Å². The molecule has 5 heteroatoms. The van der Waals surface area contributed by atoms with E-state index in [1.165, 1.54) is 0 Å². The Morgan fingerprint density at radius 1 is 1.37 bits per heavy atom. The quantitative estimate of drug-likeness (QED) is 0.769. The van der Waals surface area contributed by atoms with E-state index in [2.05, 4.69) is 5.32 Å². The molecule has 0 saturated carbocycles. The maximum absolute atomic E-state index is 11.6. The van der Waals surface area contributed by atoms with Crippen molar-refractivity contribution >= 4 is 11.9 Å². The summed E-state index contributed by atoms with van der Waals surface area (Å²) in [6, 6.07) is 7.17. The van der Waals surface area contributed by atoms with E-state index < -0.39 is 11.9 Å². The van der Waals surface area contributed by atoms with E-state index in [9.17, 15) is 9.59 Å². The molecule has 1 aromatic carbocycles. The molecule has 0 aliphatic rings. The summed E-state index contributed by atoms with van der Waals surface area (Å²) in [5.41, 5.74) is 0.865. The first-order chi connectivity index (χ1) is 9.08. The number of carbonyl (C=O) groups is 2. The number of benzene rings is 1. The van der Waals surface area contributed by atoms with Crippen LogP contribution in [0.2, 0.25) is 0 Å². The lowest BCUT2D eigenvalue weighted by Crippen LogP contribution is -2.26. The maximum Gasteiger partial charge on any atom is 0.328 e. The van der Waals surface area contributed by atoms with E-state index in [-0.39, 0.29) is 6.04 Å². The lowest BCUT2D eigenvalue weighted by atomic mass is 10.0. The minimum atomic E-state index is -1.15. The van der Waals surface area contributed by atoms with Crippen LogP contribution < -0.4 is 10.1 Å². The van der Waals surface area contributed by atoms with E-state index in [1.54, 1.807) is 7.11 Å². The highest BCUT2D eigenvalue weighted by molar-refractivity contribution is 5.94. The topological polar surface area (TPSA) is 75.6 Å². The van der Waals surface area contributed by atoms with Gasteiger partial charge >= 0.3 is 5.97 Å². The smallest absolute Gasteiger partial charge is 0.328 e. The average molecular weight is 263 g/mol. The van der Waals surface area contributed by atoms with Crippen molar-refractivity contribution in [2.45, 2.75) is 19.4 Å². The predicted molar refractivity (Wildman–Crippen MR) is 70.9 cm³/mol. The molecule has 0 bridgehead atoms. The Morgan fingerprint density at radius 3 is 2.63 bits per heavy atom. The number of nitrogens with one attached hydrogen (secondary N) is 1. The van der Waals surface area contributed by atoms with Crippen LogP contribution in [0.5, 0.6) is 5.75 Å². The first-order valence-corrected chi connectivity index (χ1v) is 5.92. The molecule has 1 aromatic rings. The van der Waals surface area contributed by atoms with Crippen LogP contribution in [-0.4, -0.2) is 24.1 Å². The third kappa shape index (κ3) is 4.46. The van der Waals surface area contributed by atoms with Gasteiger partial charge in [-0.2, -0.15) is 0 Å². The van der Waals surface area contributed by atoms with Crippen molar-refractivity contribution in [2.75, 3.05) is 7.11 Å². The summed E-state index contributed by atoms with van der Waals surface area (Å²) in [4.78, 5) is 21.9. The number of amides is 1. The molecular weight excluding hydrogens is 246 g/mol. The number of methoxy groups -OCH3 is 1. The van der Waals surface area contributed by atoms with Gasteiger partial charge in [-0.25, -0.2) is 4.79 Å². The monoisotopic (exact) mass is 263 g/mol. The van der Waals surface area contributed by atoms with E-state index in [0.717, 1.165) is 17.7 Å². The zero-order valence-corrected chi connectivity index (χ0v) is 10.9. The Bertz CT molecular complexity index is 482. The number of hydrogen-bond donors (Lipinski definition) is 2. The lowest BCUT2D eigenvalue weighted by Gasteiger charge is -2.19. The summed E-state index contributed by atoms with van der Waals surface area (Å²) < 4.78 is 5.24. The number of hydrogen-bond acceptors (Lipinski definition) is 3. The van der Waals surface area contributed by atoms with Gasteiger partial charge in [0.15, 0.2) is 0 Å². The first kappa shape index (κ1) is 14.8. The van der Waals surface area contributed by atoms with Crippen LogP contribution in [0.15, 0.2) is 36.4 Å². The molecule has 102 valence electrons. The molecule has 1 amide bonds. The van der Waals surface area contributed by atoms with Crippen molar-refractivity contribution in [1.82, 2.24) is 5.32 Å². The number of carboxylic acid groups (broad SMARTS) is 1. The normalized spacial score (nSPS) is 12.1. The van der Waals surface area contributed by atoms with Crippen LogP contribution >= 0.6 is 0 Å². The molecule has 0 aromatic heterocycles. The summed E-state index contributed by atoms with van der Waals surface area (Å²) in [6.45, 7) is 1.93. The second kappa shape index (κ2) is 7.20. The fourth-order valence-electron chi connectivity index (χ4n) is 1.72. The molecule has 1 rings (SSSR count). The van der Waals surface area contributed by atoms with E-state index in [1.807, 2.05) is 31.2 Å². The third-order valence-electron chi connectivity index (χ3n) is 2.62. The highest BCUT2D eigenvalue weighted by Gasteiger charge is 2.15. The molecule has 0 saturated heterocycles. The molecule has 0 heterocycles. The second-order valence-corrected chi connectivity index (χ2v) is 3.88. The Balaban J connectivity index is 2.83. The Hall–Kier alpha value is -2.30. The molecule has 0 fully saturated rings. The lowest BCUT2D eigenvalue weighted by molar-refractivity contribution is -0.131. The maximum atomic E-state index is 11.6. The first-order valence-electron chi connectivity index (χ1n) is 5.92. The van der Waals surface area contributed by atoms with Crippen LogP contribution in [0.4, 0.5) is 0 Å². The van der Waals surface area contributed by atoms with Crippen LogP contribution in [0.3, 0.4) is 0 Å². The van der Waals surface area contributed by atoms with Crippen molar-refractivity contribution < 1.29 is 19.4 Å². The standard InChI is InChI=1S/C14H17NO4/c1-3-11(15-13(16)8-9-14(17)18)10-6-4-5-7-12(10)19-2/h4-9,11H,3H2,1-2H3,(H,15,16)(H,17,18)/b9-8+. The van der Waals surface area contributed by atoms with Gasteiger partial charge < -0.3 is 15.2 Å². The van der Waals surface area contributed by atoms with Gasteiger partial charge in [0, 0.05) is 17.7 Å². The highest BCUT2D eigenvalue weighted by atomic mass is 16.5. The average Bonchev–Trinajstić information content (AvgIpc) is 2.42. The van der Waals surface area contributed by atoms with Gasteiger partial charge in [0.05, 0.1) is 13.2 Å². The van der Waals surface area contributed by atoms with Gasteiger partial charge in [0.25, 0.3) is 0 Å². The summed E-state index contributed by atoms with van der Waals surface area (Å²) in [6.07, 6.45) is 2.48. The molecule has 1 unspecified atom stereocenters. The number of carbonyl (C=O) groups excluding carboxylic acids is 1. The Morgan fingerprint density at radius 2 is 2.05 bits per heavy atom. The number of aliphatic carboxylic acids is 1. The van der Waals surface area contributed by atoms with E-state index in [0.29, 0.717) is 12.2 Å². The van der Waals surface area contributed by atoms with Crippen molar-refractivity contribution in [2.24, 2.45) is 0 Å². The third-order valence-corrected chi connectivity index (χ3v) is 2.62. The number of rotatable bonds is 6. The molecular formula is C14H17NO4.